The fourth-order valence-electron chi connectivity index (χ4n) is 5.70. The lowest BCUT2D eigenvalue weighted by atomic mass is 9.86. The molecule has 3 fully saturated rings. The van der Waals surface area contributed by atoms with E-state index in [1.807, 2.05) is 47.9 Å². The van der Waals surface area contributed by atoms with Crippen LogP contribution in [-0.4, -0.2) is 84.2 Å². The number of piperidine rings is 1. The van der Waals surface area contributed by atoms with Crippen molar-refractivity contribution in [3.63, 3.8) is 0 Å². The van der Waals surface area contributed by atoms with Crippen LogP contribution in [-0.2, 0) is 11.3 Å². The smallest absolute Gasteiger partial charge is 0.327 e. The van der Waals surface area contributed by atoms with Crippen molar-refractivity contribution in [2.45, 2.75) is 44.7 Å². The molecule has 2 aromatic rings. The third-order valence-electron chi connectivity index (χ3n) is 7.93. The Hall–Kier alpha value is -3.44. The molecule has 1 aromatic carbocycles. The second-order valence-electron chi connectivity index (χ2n) is 10.6. The number of anilines is 1. The second kappa shape index (κ2) is 10.7. The van der Waals surface area contributed by atoms with E-state index in [1.165, 1.54) is 0 Å². The van der Waals surface area contributed by atoms with Crippen molar-refractivity contribution in [3.05, 3.63) is 41.6 Å². The lowest BCUT2D eigenvalue weighted by Gasteiger charge is -2.44. The number of methoxy groups -OCH3 is 2. The Morgan fingerprint density at radius 3 is 2.55 bits per heavy atom. The fourth-order valence-corrected chi connectivity index (χ4v) is 5.70. The first-order chi connectivity index (χ1) is 18.3. The van der Waals surface area contributed by atoms with E-state index in [9.17, 15) is 9.59 Å². The molecule has 0 atom stereocenters. The Balaban J connectivity index is 1.45. The maximum Gasteiger partial charge on any atom is 0.327 e. The van der Waals surface area contributed by atoms with E-state index < -0.39 is 5.54 Å². The molecule has 3 amide bonds. The minimum atomic E-state index is -0.442. The average molecular weight is 524 g/mol. The minimum Gasteiger partial charge on any atom is -0.497 e. The highest BCUT2D eigenvalue weighted by atomic mass is 16.5. The Morgan fingerprint density at radius 2 is 1.89 bits per heavy atom. The van der Waals surface area contributed by atoms with Crippen LogP contribution >= 0.6 is 0 Å². The lowest BCUT2D eigenvalue weighted by molar-refractivity contribution is -0.136. The second-order valence-corrected chi connectivity index (χ2v) is 10.6. The van der Waals surface area contributed by atoms with Gasteiger partial charge in [-0.3, -0.25) is 20.5 Å². The van der Waals surface area contributed by atoms with Gasteiger partial charge in [-0.25, -0.2) is 9.78 Å². The predicted molar refractivity (Wildman–Crippen MR) is 142 cm³/mol. The molecule has 0 unspecified atom stereocenters. The number of ether oxygens (including phenoxy) is 2. The van der Waals surface area contributed by atoms with Crippen molar-refractivity contribution in [1.29, 1.82) is 0 Å². The molecule has 204 valence electrons. The third kappa shape index (κ3) is 4.88. The van der Waals surface area contributed by atoms with Gasteiger partial charge in [-0.1, -0.05) is 26.0 Å². The number of hydrogen-bond donors (Lipinski definition) is 2. The maximum atomic E-state index is 14.0. The number of nitrogens with zero attached hydrogens (tertiary/aromatic N) is 5. The summed E-state index contributed by atoms with van der Waals surface area (Å²) in [5.74, 6) is 1.85. The summed E-state index contributed by atoms with van der Waals surface area (Å²) >= 11 is 0. The average Bonchev–Trinajstić information content (AvgIpc) is 3.56. The number of hydrazine groups is 1. The van der Waals surface area contributed by atoms with Gasteiger partial charge in [-0.15, -0.1) is 0 Å². The van der Waals surface area contributed by atoms with Gasteiger partial charge in [-0.05, 0) is 30.5 Å². The Labute approximate surface area is 223 Å². The van der Waals surface area contributed by atoms with Gasteiger partial charge in [0.05, 0.1) is 26.3 Å². The molecular formula is C27H37N7O4. The number of hydrogen-bond acceptors (Lipinski definition) is 8. The molecule has 11 nitrogen and oxygen atoms in total. The van der Waals surface area contributed by atoms with E-state index in [-0.39, 0.29) is 23.8 Å². The van der Waals surface area contributed by atoms with E-state index in [1.54, 1.807) is 25.3 Å². The van der Waals surface area contributed by atoms with Crippen LogP contribution in [0.5, 0.6) is 11.6 Å². The third-order valence-corrected chi connectivity index (χ3v) is 7.93. The van der Waals surface area contributed by atoms with Crippen LogP contribution < -0.4 is 25.2 Å². The standard InChI is InChI=1S/C27H37N7O4/c1-18(2)24(35)32-10-8-27(9-11-32)17-33(26(36)34(27)16-19-6-5-7-21(12-19)37-3)25-28-15-22(23(31-25)38-4)20-13-29-30-14-20/h5-7,12,15,18,20,29-30H,8-11,13-14,16-17H2,1-4H3. The molecule has 3 aliphatic heterocycles. The van der Waals surface area contributed by atoms with Crippen LogP contribution in [0.15, 0.2) is 30.5 Å². The SMILES string of the molecule is COc1cccc(CN2C(=O)N(c3ncc(C4CNNC4)c(OC)n3)CC23CCN(C(=O)C(C)C)CC3)c1. The fraction of sp³-hybridized carbons (Fsp3) is 0.556. The van der Waals surface area contributed by atoms with Gasteiger partial charge in [0, 0.05) is 56.3 Å². The summed E-state index contributed by atoms with van der Waals surface area (Å²) in [6.45, 7) is 7.46. The zero-order chi connectivity index (χ0) is 26.9. The number of aromatic nitrogens is 2. The lowest BCUT2D eigenvalue weighted by Crippen LogP contribution is -2.55. The highest BCUT2D eigenvalue weighted by Crippen LogP contribution is 2.40. The van der Waals surface area contributed by atoms with Crippen LogP contribution in [0.2, 0.25) is 0 Å². The van der Waals surface area contributed by atoms with Gasteiger partial charge in [0.25, 0.3) is 0 Å². The maximum absolute atomic E-state index is 14.0. The topological polar surface area (TPSA) is 112 Å². The number of urea groups is 1. The van der Waals surface area contributed by atoms with E-state index in [0.29, 0.717) is 50.8 Å². The molecule has 38 heavy (non-hydrogen) atoms. The molecule has 0 radical (unpaired) electrons. The molecule has 11 heteroatoms. The molecule has 4 heterocycles. The van der Waals surface area contributed by atoms with E-state index in [0.717, 1.165) is 30.0 Å². The molecule has 2 N–H and O–H groups in total. The molecule has 0 bridgehead atoms. The van der Waals surface area contributed by atoms with E-state index in [2.05, 4.69) is 20.8 Å². The molecule has 3 aliphatic rings. The predicted octanol–water partition coefficient (Wildman–Crippen LogP) is 2.14. The summed E-state index contributed by atoms with van der Waals surface area (Å²) in [5, 5.41) is 0. The van der Waals surface area contributed by atoms with Gasteiger partial charge in [0.15, 0.2) is 0 Å². The quantitative estimate of drug-likeness (QED) is 0.568. The van der Waals surface area contributed by atoms with Gasteiger partial charge < -0.3 is 19.3 Å². The van der Waals surface area contributed by atoms with Crippen molar-refractivity contribution < 1.29 is 19.1 Å². The highest BCUT2D eigenvalue weighted by Gasteiger charge is 2.52. The number of rotatable bonds is 7. The van der Waals surface area contributed by atoms with Crippen molar-refractivity contribution in [2.75, 3.05) is 51.8 Å². The summed E-state index contributed by atoms with van der Waals surface area (Å²) < 4.78 is 11.0. The van der Waals surface area contributed by atoms with Crippen LogP contribution in [0.1, 0.15) is 43.7 Å². The number of nitrogens with one attached hydrogen (secondary N) is 2. The van der Waals surface area contributed by atoms with Crippen molar-refractivity contribution in [3.8, 4) is 11.6 Å². The summed E-state index contributed by atoms with van der Waals surface area (Å²) in [6, 6.07) is 7.64. The largest absolute Gasteiger partial charge is 0.497 e. The zero-order valence-corrected chi connectivity index (χ0v) is 22.6. The molecular weight excluding hydrogens is 486 g/mol. The highest BCUT2D eigenvalue weighted by molar-refractivity contribution is 5.94. The van der Waals surface area contributed by atoms with Crippen molar-refractivity contribution in [1.82, 2.24) is 30.6 Å². The van der Waals surface area contributed by atoms with Crippen molar-refractivity contribution in [2.24, 2.45) is 5.92 Å². The number of amides is 3. The van der Waals surface area contributed by atoms with Gasteiger partial charge >= 0.3 is 6.03 Å². The van der Waals surface area contributed by atoms with Crippen LogP contribution in [0.25, 0.3) is 0 Å². The number of carbonyl (C=O) groups excluding carboxylic acids is 2. The number of benzene rings is 1. The molecule has 1 aromatic heterocycles. The molecule has 0 aliphatic carbocycles. The molecule has 5 rings (SSSR count). The van der Waals surface area contributed by atoms with E-state index >= 15 is 0 Å². The molecule has 1 spiro atoms. The Bertz CT molecular complexity index is 1180. The summed E-state index contributed by atoms with van der Waals surface area (Å²) in [5.41, 5.74) is 7.69. The normalized spacial score (nSPS) is 19.6. The summed E-state index contributed by atoms with van der Waals surface area (Å²) in [4.78, 5) is 41.5. The van der Waals surface area contributed by atoms with Gasteiger partial charge in [0.2, 0.25) is 17.7 Å². The molecule has 3 saturated heterocycles. The van der Waals surface area contributed by atoms with Crippen molar-refractivity contribution >= 4 is 17.9 Å². The number of likely N-dealkylation sites (tertiary alicyclic amines) is 1. The Kier molecular flexibility index (Phi) is 7.40. The van der Waals surface area contributed by atoms with Crippen LogP contribution in [0, 0.1) is 5.92 Å². The first-order valence-electron chi connectivity index (χ1n) is 13.2. The summed E-state index contributed by atoms with van der Waals surface area (Å²) in [7, 11) is 3.23. The molecule has 0 saturated carbocycles. The summed E-state index contributed by atoms with van der Waals surface area (Å²) in [6.07, 6.45) is 3.15. The first-order valence-corrected chi connectivity index (χ1v) is 13.2. The first kappa shape index (κ1) is 26.2. The number of carbonyl (C=O) groups is 2. The van der Waals surface area contributed by atoms with Gasteiger partial charge in [-0.2, -0.15) is 4.98 Å². The van der Waals surface area contributed by atoms with Crippen LogP contribution in [0.3, 0.4) is 0 Å². The monoisotopic (exact) mass is 523 g/mol. The zero-order valence-electron chi connectivity index (χ0n) is 22.6. The van der Waals surface area contributed by atoms with Gasteiger partial charge in [0.1, 0.15) is 5.75 Å². The minimum absolute atomic E-state index is 0.0525. The Morgan fingerprint density at radius 1 is 1.16 bits per heavy atom. The van der Waals surface area contributed by atoms with Crippen LogP contribution in [0.4, 0.5) is 10.7 Å². The van der Waals surface area contributed by atoms with E-state index in [4.69, 9.17) is 9.47 Å².